The Morgan fingerprint density at radius 1 is 1.06 bits per heavy atom. The van der Waals surface area contributed by atoms with Gasteiger partial charge in [0.15, 0.2) is 0 Å². The van der Waals surface area contributed by atoms with E-state index in [0.717, 1.165) is 35.7 Å². The van der Waals surface area contributed by atoms with Crippen LogP contribution in [0.3, 0.4) is 0 Å². The molecule has 0 aromatic heterocycles. The maximum absolute atomic E-state index is 12.7. The summed E-state index contributed by atoms with van der Waals surface area (Å²) in [5, 5.41) is 8.10. The van der Waals surface area contributed by atoms with Gasteiger partial charge in [-0.1, -0.05) is 12.1 Å². The molecule has 32 heavy (non-hydrogen) atoms. The van der Waals surface area contributed by atoms with Crippen molar-refractivity contribution in [2.75, 3.05) is 40.4 Å². The second-order valence-electron chi connectivity index (χ2n) is 7.73. The highest BCUT2D eigenvalue weighted by molar-refractivity contribution is 7.89. The third kappa shape index (κ3) is 5.90. The topological polar surface area (TPSA) is 114 Å². The van der Waals surface area contributed by atoms with Gasteiger partial charge in [-0.3, -0.25) is 4.90 Å². The van der Waals surface area contributed by atoms with E-state index in [0.29, 0.717) is 19.6 Å². The van der Waals surface area contributed by atoms with E-state index in [1.807, 2.05) is 25.1 Å². The van der Waals surface area contributed by atoms with Gasteiger partial charge in [-0.2, -0.15) is 0 Å². The average Bonchev–Trinajstić information content (AvgIpc) is 2.79. The number of ether oxygens (including phenoxy) is 2. The van der Waals surface area contributed by atoms with Crippen LogP contribution in [-0.2, 0) is 16.6 Å². The Hall–Kier alpha value is -2.82. The minimum atomic E-state index is -3.74. The van der Waals surface area contributed by atoms with E-state index in [-0.39, 0.29) is 17.0 Å². The van der Waals surface area contributed by atoms with Crippen molar-refractivity contribution >= 4 is 16.1 Å². The molecule has 2 aromatic rings. The van der Waals surface area contributed by atoms with Gasteiger partial charge in [-0.05, 0) is 42.8 Å². The molecule has 9 nitrogen and oxygen atoms in total. The lowest BCUT2D eigenvalue weighted by molar-refractivity contribution is 0.133. The summed E-state index contributed by atoms with van der Waals surface area (Å²) in [5.74, 6) is 1.60. The molecule has 0 unspecified atom stereocenters. The van der Waals surface area contributed by atoms with Crippen LogP contribution in [0.1, 0.15) is 24.1 Å². The highest BCUT2D eigenvalue weighted by atomic mass is 32.2. The Balaban J connectivity index is 1.53. The first-order chi connectivity index (χ1) is 15.2. The lowest BCUT2D eigenvalue weighted by Gasteiger charge is -2.35. The number of sulfonamides is 1. The fraction of sp³-hybridized carbons (Fsp3) is 0.409. The standard InChI is InChI=1S/C22H30N4O5S/c1-16(17-4-7-20(8-5-17)32(23,28)29)24-22(27)26-12-10-25(11-13-26)15-18-14-19(30-2)6-9-21(18)31-3/h4-9,14,16H,10-13,15H2,1-3H3,(H,24,27)(H2,23,28,29)/t16-/m0/s1. The lowest BCUT2D eigenvalue weighted by Crippen LogP contribution is -2.51. The van der Waals surface area contributed by atoms with Gasteiger partial charge in [0.2, 0.25) is 10.0 Å². The maximum Gasteiger partial charge on any atom is 0.317 e. The van der Waals surface area contributed by atoms with Gasteiger partial charge in [-0.15, -0.1) is 0 Å². The van der Waals surface area contributed by atoms with Crippen molar-refractivity contribution in [2.24, 2.45) is 5.14 Å². The molecule has 174 valence electrons. The number of hydrogen-bond donors (Lipinski definition) is 2. The molecule has 2 amide bonds. The zero-order valence-electron chi connectivity index (χ0n) is 18.6. The van der Waals surface area contributed by atoms with Gasteiger partial charge in [0.05, 0.1) is 25.2 Å². The van der Waals surface area contributed by atoms with Crippen LogP contribution in [0.15, 0.2) is 47.4 Å². The van der Waals surface area contributed by atoms with E-state index in [1.165, 1.54) is 12.1 Å². The quantitative estimate of drug-likeness (QED) is 0.650. The average molecular weight is 463 g/mol. The minimum Gasteiger partial charge on any atom is -0.497 e. The predicted molar refractivity (Wildman–Crippen MR) is 121 cm³/mol. The Morgan fingerprint density at radius 3 is 2.28 bits per heavy atom. The van der Waals surface area contributed by atoms with E-state index in [1.54, 1.807) is 31.3 Å². The number of piperazine rings is 1. The molecule has 3 rings (SSSR count). The number of rotatable bonds is 7. The first-order valence-electron chi connectivity index (χ1n) is 10.3. The van der Waals surface area contributed by atoms with Crippen LogP contribution in [0.5, 0.6) is 11.5 Å². The summed E-state index contributed by atoms with van der Waals surface area (Å²) >= 11 is 0. The lowest BCUT2D eigenvalue weighted by atomic mass is 10.1. The number of hydrogen-bond acceptors (Lipinski definition) is 6. The Bertz CT molecular complexity index is 1030. The van der Waals surface area contributed by atoms with Gasteiger partial charge in [-0.25, -0.2) is 18.4 Å². The van der Waals surface area contributed by atoms with Crippen LogP contribution in [0.25, 0.3) is 0 Å². The molecule has 0 spiro atoms. The van der Waals surface area contributed by atoms with E-state index < -0.39 is 10.0 Å². The van der Waals surface area contributed by atoms with E-state index in [4.69, 9.17) is 14.6 Å². The number of carbonyl (C=O) groups is 1. The fourth-order valence-electron chi connectivity index (χ4n) is 3.66. The molecule has 10 heteroatoms. The fourth-order valence-corrected chi connectivity index (χ4v) is 4.18. The van der Waals surface area contributed by atoms with E-state index in [9.17, 15) is 13.2 Å². The van der Waals surface area contributed by atoms with E-state index >= 15 is 0 Å². The Kier molecular flexibility index (Phi) is 7.60. The molecule has 1 heterocycles. The highest BCUT2D eigenvalue weighted by Crippen LogP contribution is 2.25. The molecule has 1 fully saturated rings. The molecule has 1 saturated heterocycles. The number of nitrogens with zero attached hydrogens (tertiary/aromatic N) is 2. The number of carbonyl (C=O) groups excluding carboxylic acids is 1. The van der Waals surface area contributed by atoms with Crippen molar-refractivity contribution in [2.45, 2.75) is 24.4 Å². The minimum absolute atomic E-state index is 0.0450. The van der Waals surface area contributed by atoms with Gasteiger partial charge in [0.1, 0.15) is 11.5 Å². The SMILES string of the molecule is COc1ccc(OC)c(CN2CCN(C(=O)N[C@@H](C)c3ccc(S(N)(=O)=O)cc3)CC2)c1. The molecule has 1 aliphatic heterocycles. The molecular formula is C22H30N4O5S. The zero-order valence-corrected chi connectivity index (χ0v) is 19.4. The second-order valence-corrected chi connectivity index (χ2v) is 9.29. The van der Waals surface area contributed by atoms with Crippen molar-refractivity contribution in [3.63, 3.8) is 0 Å². The molecule has 0 aliphatic carbocycles. The summed E-state index contributed by atoms with van der Waals surface area (Å²) in [7, 11) is -0.450. The molecule has 1 atom stereocenters. The third-order valence-electron chi connectivity index (χ3n) is 5.59. The largest absolute Gasteiger partial charge is 0.497 e. The summed E-state index contributed by atoms with van der Waals surface area (Å²) in [6, 6.07) is 11.5. The number of amides is 2. The molecule has 3 N–H and O–H groups in total. The van der Waals surface area contributed by atoms with Crippen LogP contribution in [0.4, 0.5) is 4.79 Å². The Labute approximate surface area is 189 Å². The van der Waals surface area contributed by atoms with Crippen LogP contribution >= 0.6 is 0 Å². The monoisotopic (exact) mass is 462 g/mol. The van der Waals surface area contributed by atoms with Crippen molar-refractivity contribution in [1.29, 1.82) is 0 Å². The number of benzene rings is 2. The van der Waals surface area contributed by atoms with Crippen LogP contribution in [0, 0.1) is 0 Å². The molecule has 0 saturated carbocycles. The summed E-state index contributed by atoms with van der Waals surface area (Å²) in [5.41, 5.74) is 1.84. The van der Waals surface area contributed by atoms with Crippen molar-refractivity contribution < 1.29 is 22.7 Å². The smallest absolute Gasteiger partial charge is 0.317 e. The third-order valence-corrected chi connectivity index (χ3v) is 6.52. The number of nitrogens with two attached hydrogens (primary N) is 1. The van der Waals surface area contributed by atoms with Gasteiger partial charge < -0.3 is 19.7 Å². The second kappa shape index (κ2) is 10.2. The summed E-state index contributed by atoms with van der Waals surface area (Å²) in [4.78, 5) is 16.8. The van der Waals surface area contributed by atoms with Crippen LogP contribution < -0.4 is 19.9 Å². The van der Waals surface area contributed by atoms with Gasteiger partial charge in [0.25, 0.3) is 0 Å². The maximum atomic E-state index is 12.7. The van der Waals surface area contributed by atoms with Gasteiger partial charge >= 0.3 is 6.03 Å². The summed E-state index contributed by atoms with van der Waals surface area (Å²) in [6.45, 7) is 5.26. The first kappa shape index (κ1) is 23.8. The van der Waals surface area contributed by atoms with Crippen molar-refractivity contribution in [1.82, 2.24) is 15.1 Å². The molecule has 0 bridgehead atoms. The first-order valence-corrected chi connectivity index (χ1v) is 11.9. The van der Waals surface area contributed by atoms with Crippen LogP contribution in [-0.4, -0.2) is 64.6 Å². The summed E-state index contributed by atoms with van der Waals surface area (Å²) in [6.07, 6.45) is 0. The number of methoxy groups -OCH3 is 2. The molecular weight excluding hydrogens is 432 g/mol. The normalized spacial score (nSPS) is 15.8. The molecule has 2 aromatic carbocycles. The molecule has 0 radical (unpaired) electrons. The number of nitrogens with one attached hydrogen (secondary N) is 1. The summed E-state index contributed by atoms with van der Waals surface area (Å²) < 4.78 is 33.6. The van der Waals surface area contributed by atoms with Gasteiger partial charge in [0, 0.05) is 38.3 Å². The van der Waals surface area contributed by atoms with E-state index in [2.05, 4.69) is 10.2 Å². The van der Waals surface area contributed by atoms with Crippen molar-refractivity contribution in [3.8, 4) is 11.5 Å². The number of urea groups is 1. The molecule has 1 aliphatic rings. The Morgan fingerprint density at radius 2 is 1.72 bits per heavy atom. The van der Waals surface area contributed by atoms with Crippen molar-refractivity contribution in [3.05, 3.63) is 53.6 Å². The highest BCUT2D eigenvalue weighted by Gasteiger charge is 2.23. The van der Waals surface area contributed by atoms with Crippen LogP contribution in [0.2, 0.25) is 0 Å². The number of primary sulfonamides is 1. The zero-order chi connectivity index (χ0) is 23.3. The predicted octanol–water partition coefficient (Wildman–Crippen LogP) is 1.94.